The normalized spacial score (nSPS) is 53.6. The van der Waals surface area contributed by atoms with E-state index in [1.807, 2.05) is 0 Å². The molecule has 0 radical (unpaired) electrons. The third-order valence-corrected chi connectivity index (χ3v) is 10.5. The Hall–Kier alpha value is -1.36. The van der Waals surface area contributed by atoms with E-state index >= 15 is 0 Å². The molecule has 164 valence electrons. The third-order valence-electron chi connectivity index (χ3n) is 10.5. The summed E-state index contributed by atoms with van der Waals surface area (Å²) in [5.41, 5.74) is 1.67. The summed E-state index contributed by atoms with van der Waals surface area (Å²) >= 11 is 0. The van der Waals surface area contributed by atoms with E-state index in [-0.39, 0.29) is 29.1 Å². The van der Waals surface area contributed by atoms with Crippen LogP contribution >= 0.6 is 0 Å². The van der Waals surface area contributed by atoms with Gasteiger partial charge in [0.25, 0.3) is 0 Å². The number of carbonyl (C=O) groups excluding carboxylic acids is 2. The largest absolute Gasteiger partial charge is 0.463 e. The molecule has 0 aromatic carbocycles. The minimum Gasteiger partial charge on any atom is -0.463 e. The Kier molecular flexibility index (Phi) is 3.94. The Morgan fingerprint density at radius 2 is 1.93 bits per heavy atom. The number of rotatable bonds is 2. The minimum absolute atomic E-state index is 0.00771. The van der Waals surface area contributed by atoms with Crippen molar-refractivity contribution < 1.29 is 23.8 Å². The lowest BCUT2D eigenvalue weighted by molar-refractivity contribution is -0.163. The lowest BCUT2D eigenvalue weighted by atomic mass is 9.44. The smallest absolute Gasteiger partial charge is 0.331 e. The van der Waals surface area contributed by atoms with E-state index in [0.29, 0.717) is 41.8 Å². The predicted molar refractivity (Wildman–Crippen MR) is 109 cm³/mol. The molecule has 5 heteroatoms. The molecule has 9 atom stereocenters. The zero-order chi connectivity index (χ0) is 20.9. The van der Waals surface area contributed by atoms with Crippen LogP contribution in [-0.2, 0) is 23.8 Å². The number of hydrogen-bond donors (Lipinski definition) is 0. The van der Waals surface area contributed by atoms with Crippen LogP contribution < -0.4 is 0 Å². The summed E-state index contributed by atoms with van der Waals surface area (Å²) in [6.45, 7) is 6.97. The molecule has 0 bridgehead atoms. The molecular formula is C25H34O5. The van der Waals surface area contributed by atoms with Crippen LogP contribution in [0.2, 0.25) is 0 Å². The van der Waals surface area contributed by atoms with E-state index in [4.69, 9.17) is 14.2 Å². The second-order valence-electron chi connectivity index (χ2n) is 11.5. The molecule has 30 heavy (non-hydrogen) atoms. The van der Waals surface area contributed by atoms with Crippen molar-refractivity contribution in [2.24, 2.45) is 34.5 Å². The number of fused-ring (bicyclic) bond motifs is 3. The first kappa shape index (κ1) is 19.3. The molecule has 5 nitrogen and oxygen atoms in total. The number of cyclic esters (lactones) is 1. The highest BCUT2D eigenvalue weighted by molar-refractivity contribution is 5.85. The first-order valence-electron chi connectivity index (χ1n) is 12.0. The summed E-state index contributed by atoms with van der Waals surface area (Å²) < 4.78 is 17.5. The van der Waals surface area contributed by atoms with E-state index in [9.17, 15) is 9.59 Å². The van der Waals surface area contributed by atoms with Crippen molar-refractivity contribution in [2.45, 2.75) is 89.9 Å². The van der Waals surface area contributed by atoms with Crippen LogP contribution in [0.4, 0.5) is 0 Å². The molecule has 4 saturated carbocycles. The van der Waals surface area contributed by atoms with Crippen molar-refractivity contribution in [1.29, 1.82) is 0 Å². The van der Waals surface area contributed by atoms with Gasteiger partial charge in [0.2, 0.25) is 0 Å². The van der Waals surface area contributed by atoms with Crippen molar-refractivity contribution in [3.05, 3.63) is 11.6 Å². The molecule has 0 N–H and O–H groups in total. The molecule has 0 amide bonds. The lowest BCUT2D eigenvalue weighted by Gasteiger charge is -2.61. The van der Waals surface area contributed by atoms with Gasteiger partial charge in [-0.1, -0.05) is 13.8 Å². The number of esters is 2. The summed E-state index contributed by atoms with van der Waals surface area (Å²) in [4.78, 5) is 23.2. The summed E-state index contributed by atoms with van der Waals surface area (Å²) in [5, 5.41) is 0. The highest BCUT2D eigenvalue weighted by Crippen LogP contribution is 2.77. The molecule has 2 heterocycles. The molecule has 1 saturated heterocycles. The van der Waals surface area contributed by atoms with Gasteiger partial charge in [0.15, 0.2) is 0 Å². The zero-order valence-corrected chi connectivity index (χ0v) is 18.4. The monoisotopic (exact) mass is 414 g/mol. The van der Waals surface area contributed by atoms with Gasteiger partial charge in [-0.25, -0.2) is 4.79 Å². The van der Waals surface area contributed by atoms with Crippen LogP contribution in [0.1, 0.15) is 72.1 Å². The molecule has 6 aliphatic rings. The van der Waals surface area contributed by atoms with E-state index in [1.54, 1.807) is 6.08 Å². The van der Waals surface area contributed by atoms with Gasteiger partial charge in [0.1, 0.15) is 18.3 Å². The van der Waals surface area contributed by atoms with Gasteiger partial charge >= 0.3 is 11.9 Å². The van der Waals surface area contributed by atoms with Crippen LogP contribution in [0, 0.1) is 34.5 Å². The number of epoxide rings is 1. The van der Waals surface area contributed by atoms with Gasteiger partial charge in [-0.15, -0.1) is 0 Å². The van der Waals surface area contributed by atoms with Crippen LogP contribution in [0.3, 0.4) is 0 Å². The Balaban J connectivity index is 1.27. The van der Waals surface area contributed by atoms with Crippen LogP contribution in [-0.4, -0.2) is 36.4 Å². The van der Waals surface area contributed by atoms with Crippen molar-refractivity contribution in [2.75, 3.05) is 6.61 Å². The predicted octanol–water partition coefficient (Wildman–Crippen LogP) is 4.19. The molecule has 4 aliphatic carbocycles. The van der Waals surface area contributed by atoms with E-state index < -0.39 is 0 Å². The highest BCUT2D eigenvalue weighted by atomic mass is 16.6. The lowest BCUT2D eigenvalue weighted by Crippen LogP contribution is -2.58. The Labute approximate surface area is 178 Å². The van der Waals surface area contributed by atoms with E-state index in [2.05, 4.69) is 13.8 Å². The van der Waals surface area contributed by atoms with E-state index in [0.717, 1.165) is 25.7 Å². The van der Waals surface area contributed by atoms with Crippen molar-refractivity contribution >= 4 is 11.9 Å². The van der Waals surface area contributed by atoms with Gasteiger partial charge in [-0.3, -0.25) is 4.79 Å². The van der Waals surface area contributed by atoms with Gasteiger partial charge in [0, 0.05) is 18.4 Å². The van der Waals surface area contributed by atoms with Crippen LogP contribution in [0.15, 0.2) is 11.6 Å². The quantitative estimate of drug-likeness (QED) is 0.501. The maximum Gasteiger partial charge on any atom is 0.331 e. The molecule has 0 aromatic rings. The van der Waals surface area contributed by atoms with Crippen LogP contribution in [0.5, 0.6) is 0 Å². The Morgan fingerprint density at radius 3 is 2.67 bits per heavy atom. The maximum atomic E-state index is 11.7. The first-order chi connectivity index (χ1) is 14.3. The average molecular weight is 415 g/mol. The summed E-state index contributed by atoms with van der Waals surface area (Å²) in [7, 11) is 0. The van der Waals surface area contributed by atoms with Crippen molar-refractivity contribution in [3.63, 3.8) is 0 Å². The SMILES string of the molecule is CC(=O)O[C@H]1CC[C@@]2(C)[C@H](CC[C@@H]3[C@@H]2CC[C@]2(C)[C@H](C4=CC(=O)OC4)C[C@H]4O[C@]342)C1. The van der Waals surface area contributed by atoms with Gasteiger partial charge in [-0.2, -0.15) is 0 Å². The Morgan fingerprint density at radius 1 is 1.10 bits per heavy atom. The number of hydrogen-bond acceptors (Lipinski definition) is 5. The summed E-state index contributed by atoms with van der Waals surface area (Å²) in [6.07, 6.45) is 11.3. The van der Waals surface area contributed by atoms with Gasteiger partial charge in [-0.05, 0) is 86.0 Å². The molecule has 6 rings (SSSR count). The maximum absolute atomic E-state index is 11.7. The summed E-state index contributed by atoms with van der Waals surface area (Å²) in [5.74, 6) is 2.08. The Bertz CT molecular complexity index is 833. The fourth-order valence-corrected chi connectivity index (χ4v) is 9.14. The molecule has 1 spiro atoms. The molecule has 0 aromatic heterocycles. The standard InChI is InChI=1S/C25H34O5/c1-14(26)29-17-6-8-23(2)16(11-17)4-5-19-18(23)7-9-24(3)20(12-21-25(19,24)30-21)15-10-22(27)28-13-15/h10,16-21H,4-9,11-13H2,1-3H3/t16-,17+,18+,19-,20+,21-,23+,24-,25-/m1/s1. The fraction of sp³-hybridized carbons (Fsp3) is 0.840. The van der Waals surface area contributed by atoms with Gasteiger partial charge in [0.05, 0.1) is 6.10 Å². The van der Waals surface area contributed by atoms with Crippen molar-refractivity contribution in [1.82, 2.24) is 0 Å². The van der Waals surface area contributed by atoms with Crippen molar-refractivity contribution in [3.8, 4) is 0 Å². The molecule has 2 aliphatic heterocycles. The first-order valence-corrected chi connectivity index (χ1v) is 12.0. The fourth-order valence-electron chi connectivity index (χ4n) is 9.14. The topological polar surface area (TPSA) is 65.1 Å². The van der Waals surface area contributed by atoms with Gasteiger partial charge < -0.3 is 14.2 Å². The number of carbonyl (C=O) groups is 2. The molecule has 0 unspecified atom stereocenters. The second kappa shape index (κ2) is 6.11. The second-order valence-corrected chi connectivity index (χ2v) is 11.5. The number of ether oxygens (including phenoxy) is 3. The third kappa shape index (κ3) is 2.33. The molecular weight excluding hydrogens is 380 g/mol. The van der Waals surface area contributed by atoms with Crippen LogP contribution in [0.25, 0.3) is 0 Å². The highest BCUT2D eigenvalue weighted by Gasteiger charge is 2.80. The van der Waals surface area contributed by atoms with E-state index in [1.165, 1.54) is 38.2 Å². The zero-order valence-electron chi connectivity index (χ0n) is 18.4. The summed E-state index contributed by atoms with van der Waals surface area (Å²) in [6, 6.07) is 0. The molecule has 5 fully saturated rings. The minimum atomic E-state index is -0.171. The average Bonchev–Trinajstić information content (AvgIpc) is 3.14.